The van der Waals surface area contributed by atoms with Crippen molar-refractivity contribution < 1.29 is 13.2 Å². The molecule has 3 aromatic rings. The monoisotopic (exact) mass is 280 g/mol. The Hall–Kier alpha value is -2.64. The van der Waals surface area contributed by atoms with Gasteiger partial charge >= 0.3 is 6.18 Å². The molecule has 0 fully saturated rings. The third kappa shape index (κ3) is 2.04. The molecule has 0 spiro atoms. The molecule has 0 bridgehead atoms. The number of hydrogen-bond donors (Lipinski definition) is 1. The summed E-state index contributed by atoms with van der Waals surface area (Å²) < 4.78 is 38.7. The minimum absolute atomic E-state index is 0.132. The Bertz CT molecular complexity index is 817. The number of nitrogens with one attached hydrogen (secondary N) is 1. The lowest BCUT2D eigenvalue weighted by atomic mass is 10.2. The van der Waals surface area contributed by atoms with Crippen molar-refractivity contribution in [2.45, 2.75) is 6.18 Å². The molecule has 3 rings (SSSR count). The summed E-state index contributed by atoms with van der Waals surface area (Å²) in [5, 5.41) is 4.00. The number of benzene rings is 1. The van der Waals surface area contributed by atoms with E-state index in [0.717, 1.165) is 12.1 Å². The maximum atomic E-state index is 12.5. The van der Waals surface area contributed by atoms with E-state index in [0.29, 0.717) is 11.2 Å². The van der Waals surface area contributed by atoms with Gasteiger partial charge in [-0.3, -0.25) is 4.79 Å². The lowest BCUT2D eigenvalue weighted by molar-refractivity contribution is -0.137. The molecule has 20 heavy (non-hydrogen) atoms. The molecule has 2 heterocycles. The van der Waals surface area contributed by atoms with Crippen molar-refractivity contribution in [1.29, 1.82) is 0 Å². The molecule has 0 saturated heterocycles. The van der Waals surface area contributed by atoms with Gasteiger partial charge in [-0.2, -0.15) is 18.3 Å². The van der Waals surface area contributed by atoms with E-state index in [4.69, 9.17) is 0 Å². The third-order valence-electron chi connectivity index (χ3n) is 2.77. The number of fused-ring (bicyclic) bond motifs is 1. The van der Waals surface area contributed by atoms with E-state index < -0.39 is 17.3 Å². The lowest BCUT2D eigenvalue weighted by Gasteiger charge is -2.07. The van der Waals surface area contributed by atoms with Crippen molar-refractivity contribution in [3.8, 4) is 5.69 Å². The van der Waals surface area contributed by atoms with Crippen LogP contribution in [-0.2, 0) is 6.18 Å². The molecule has 0 aliphatic carbocycles. The zero-order valence-electron chi connectivity index (χ0n) is 9.85. The highest BCUT2D eigenvalue weighted by Gasteiger charge is 2.30. The third-order valence-corrected chi connectivity index (χ3v) is 2.77. The summed E-state index contributed by atoms with van der Waals surface area (Å²) in [4.78, 5) is 17.8. The van der Waals surface area contributed by atoms with Gasteiger partial charge in [-0.1, -0.05) is 0 Å². The van der Waals surface area contributed by atoms with Crippen molar-refractivity contribution in [1.82, 2.24) is 19.7 Å². The average molecular weight is 280 g/mol. The molecule has 2 aromatic heterocycles. The standard InChI is InChI=1S/C12H7F3N4O/c13-12(14,15)7-1-3-8(4-2-7)19-5-9-10(18-19)11(20)17-6-16-9/h1-6H,(H,16,17,20). The van der Waals surface area contributed by atoms with Crippen LogP contribution in [0.25, 0.3) is 16.7 Å². The summed E-state index contributed by atoms with van der Waals surface area (Å²) in [6.07, 6.45) is -1.66. The van der Waals surface area contributed by atoms with Gasteiger partial charge in [-0.05, 0) is 24.3 Å². The fraction of sp³-hybridized carbons (Fsp3) is 0.0833. The summed E-state index contributed by atoms with van der Waals surface area (Å²) in [6.45, 7) is 0. The van der Waals surface area contributed by atoms with Crippen LogP contribution < -0.4 is 5.56 Å². The van der Waals surface area contributed by atoms with E-state index in [1.165, 1.54) is 29.3 Å². The van der Waals surface area contributed by atoms with Gasteiger partial charge in [0.15, 0.2) is 5.52 Å². The Balaban J connectivity index is 2.07. The average Bonchev–Trinajstić information content (AvgIpc) is 2.83. The van der Waals surface area contributed by atoms with Crippen molar-refractivity contribution >= 4 is 11.0 Å². The second-order valence-electron chi connectivity index (χ2n) is 4.08. The molecule has 0 amide bonds. The SMILES string of the molecule is O=c1[nH]cnc2cn(-c3ccc(C(F)(F)F)cc3)nc12. The number of H-pyrrole nitrogens is 1. The van der Waals surface area contributed by atoms with Crippen molar-refractivity contribution in [2.24, 2.45) is 0 Å². The number of nitrogens with zero attached hydrogens (tertiary/aromatic N) is 3. The van der Waals surface area contributed by atoms with Crippen molar-refractivity contribution in [2.75, 3.05) is 0 Å². The van der Waals surface area contributed by atoms with Crippen LogP contribution in [-0.4, -0.2) is 19.7 Å². The molecular weight excluding hydrogens is 273 g/mol. The van der Waals surface area contributed by atoms with Gasteiger partial charge < -0.3 is 4.98 Å². The fourth-order valence-electron chi connectivity index (χ4n) is 1.79. The Morgan fingerprint density at radius 1 is 1.15 bits per heavy atom. The van der Waals surface area contributed by atoms with Crippen LogP contribution in [0.15, 0.2) is 41.6 Å². The predicted molar refractivity (Wildman–Crippen MR) is 64.5 cm³/mol. The van der Waals surface area contributed by atoms with Gasteiger partial charge in [0.05, 0.1) is 23.8 Å². The normalized spacial score (nSPS) is 11.9. The van der Waals surface area contributed by atoms with Crippen LogP contribution in [0.4, 0.5) is 13.2 Å². The second-order valence-corrected chi connectivity index (χ2v) is 4.08. The molecule has 0 atom stereocenters. The molecule has 0 radical (unpaired) electrons. The molecule has 5 nitrogen and oxygen atoms in total. The summed E-state index contributed by atoms with van der Waals surface area (Å²) in [6, 6.07) is 4.48. The maximum Gasteiger partial charge on any atom is 0.416 e. The van der Waals surface area contributed by atoms with Crippen LogP contribution >= 0.6 is 0 Å². The van der Waals surface area contributed by atoms with Crippen LogP contribution in [0.1, 0.15) is 5.56 Å². The molecule has 0 unspecified atom stereocenters. The molecule has 0 aliphatic rings. The minimum atomic E-state index is -4.38. The van der Waals surface area contributed by atoms with Gasteiger partial charge in [-0.25, -0.2) is 9.67 Å². The van der Waals surface area contributed by atoms with Gasteiger partial charge in [0.25, 0.3) is 5.56 Å². The molecule has 102 valence electrons. The molecule has 1 aromatic carbocycles. The van der Waals surface area contributed by atoms with E-state index in [9.17, 15) is 18.0 Å². The number of alkyl halides is 3. The number of hydrogen-bond acceptors (Lipinski definition) is 3. The molecule has 8 heteroatoms. The van der Waals surface area contributed by atoms with Crippen LogP contribution in [0.3, 0.4) is 0 Å². The van der Waals surface area contributed by atoms with Gasteiger partial charge in [-0.15, -0.1) is 0 Å². The Morgan fingerprint density at radius 3 is 2.45 bits per heavy atom. The van der Waals surface area contributed by atoms with E-state index >= 15 is 0 Å². The smallest absolute Gasteiger partial charge is 0.311 e. The summed E-state index contributed by atoms with van der Waals surface area (Å²) in [5.41, 5.74) is -0.231. The Morgan fingerprint density at radius 2 is 1.85 bits per heavy atom. The highest BCUT2D eigenvalue weighted by atomic mass is 19.4. The van der Waals surface area contributed by atoms with Gasteiger partial charge in [0, 0.05) is 0 Å². The summed E-state index contributed by atoms with van der Waals surface area (Å²) in [7, 11) is 0. The van der Waals surface area contributed by atoms with Gasteiger partial charge in [0.1, 0.15) is 5.52 Å². The van der Waals surface area contributed by atoms with E-state index in [1.54, 1.807) is 0 Å². The molecular formula is C12H7F3N4O. The first-order chi connectivity index (χ1) is 9.45. The molecule has 0 saturated carbocycles. The topological polar surface area (TPSA) is 63.6 Å². The quantitative estimate of drug-likeness (QED) is 0.742. The second kappa shape index (κ2) is 4.19. The summed E-state index contributed by atoms with van der Waals surface area (Å²) in [5.74, 6) is 0. The van der Waals surface area contributed by atoms with Crippen LogP contribution in [0.2, 0.25) is 0 Å². The van der Waals surface area contributed by atoms with Crippen LogP contribution in [0.5, 0.6) is 0 Å². The summed E-state index contributed by atoms with van der Waals surface area (Å²) >= 11 is 0. The van der Waals surface area contributed by atoms with E-state index in [2.05, 4.69) is 15.1 Å². The highest BCUT2D eigenvalue weighted by Crippen LogP contribution is 2.29. The number of rotatable bonds is 1. The van der Waals surface area contributed by atoms with E-state index in [-0.39, 0.29) is 5.52 Å². The highest BCUT2D eigenvalue weighted by molar-refractivity contribution is 5.72. The lowest BCUT2D eigenvalue weighted by Crippen LogP contribution is -2.07. The number of halogens is 3. The number of aromatic nitrogens is 4. The van der Waals surface area contributed by atoms with Gasteiger partial charge in [0.2, 0.25) is 0 Å². The zero-order chi connectivity index (χ0) is 14.3. The zero-order valence-corrected chi connectivity index (χ0v) is 9.85. The molecule has 0 aliphatic heterocycles. The predicted octanol–water partition coefficient (Wildman–Crippen LogP) is 2.13. The van der Waals surface area contributed by atoms with Crippen molar-refractivity contribution in [3.05, 3.63) is 52.7 Å². The first-order valence-electron chi connectivity index (χ1n) is 5.56. The largest absolute Gasteiger partial charge is 0.416 e. The Kier molecular flexibility index (Phi) is 2.60. The fourth-order valence-corrected chi connectivity index (χ4v) is 1.79. The van der Waals surface area contributed by atoms with Crippen LogP contribution in [0, 0.1) is 0 Å². The first-order valence-corrected chi connectivity index (χ1v) is 5.56. The Labute approximate surface area is 109 Å². The van der Waals surface area contributed by atoms with Crippen molar-refractivity contribution in [3.63, 3.8) is 0 Å². The number of aromatic amines is 1. The van der Waals surface area contributed by atoms with E-state index in [1.807, 2.05) is 0 Å². The maximum absolute atomic E-state index is 12.5. The first kappa shape index (κ1) is 12.4. The minimum Gasteiger partial charge on any atom is -0.311 e. The molecule has 1 N–H and O–H groups in total.